The van der Waals surface area contributed by atoms with Crippen LogP contribution in [0.1, 0.15) is 32.3 Å². The van der Waals surface area contributed by atoms with Crippen molar-refractivity contribution in [2.45, 2.75) is 39.2 Å². The fourth-order valence-corrected chi connectivity index (χ4v) is 2.90. The number of fused-ring (bicyclic) bond motifs is 1. The molecule has 1 heterocycles. The number of ether oxygens (including phenoxy) is 1. The lowest BCUT2D eigenvalue weighted by molar-refractivity contribution is 0.191. The molecule has 0 aliphatic carbocycles. The minimum atomic E-state index is 0.329. The van der Waals surface area contributed by atoms with Crippen molar-refractivity contribution in [2.24, 2.45) is 11.8 Å². The van der Waals surface area contributed by atoms with Gasteiger partial charge in [-0.1, -0.05) is 32.0 Å². The fourth-order valence-electron chi connectivity index (χ4n) is 2.65. The summed E-state index contributed by atoms with van der Waals surface area (Å²) < 4.78 is 5.96. The average Bonchev–Trinajstić information content (AvgIpc) is 2.69. The Morgan fingerprint density at radius 1 is 1.35 bits per heavy atom. The standard InChI is InChI=1S/C15H21ClO/c1-11(2)7-12(10-16)8-14-9-13-5-3-4-6-15(13)17-14/h3-6,11-12,14H,7-10H2,1-2H3. The van der Waals surface area contributed by atoms with Crippen LogP contribution in [0.15, 0.2) is 24.3 Å². The Bertz CT molecular complexity index is 337. The Morgan fingerprint density at radius 2 is 2.12 bits per heavy atom. The van der Waals surface area contributed by atoms with Crippen molar-refractivity contribution in [2.75, 3.05) is 5.88 Å². The first-order valence-corrected chi connectivity index (χ1v) is 7.03. The maximum Gasteiger partial charge on any atom is 0.123 e. The van der Waals surface area contributed by atoms with E-state index < -0.39 is 0 Å². The Balaban J connectivity index is 1.90. The zero-order valence-corrected chi connectivity index (χ0v) is 11.4. The smallest absolute Gasteiger partial charge is 0.123 e. The molecule has 0 spiro atoms. The molecule has 0 fully saturated rings. The van der Waals surface area contributed by atoms with Crippen molar-refractivity contribution < 1.29 is 4.74 Å². The van der Waals surface area contributed by atoms with E-state index in [-0.39, 0.29) is 0 Å². The molecule has 2 heteroatoms. The quantitative estimate of drug-likeness (QED) is 0.711. The molecule has 2 rings (SSSR count). The van der Waals surface area contributed by atoms with E-state index in [1.54, 1.807) is 0 Å². The molecule has 1 aliphatic heterocycles. The fraction of sp³-hybridized carbons (Fsp3) is 0.600. The molecule has 0 saturated heterocycles. The van der Waals surface area contributed by atoms with E-state index in [2.05, 4.69) is 32.0 Å². The van der Waals surface area contributed by atoms with Crippen molar-refractivity contribution in [3.8, 4) is 5.75 Å². The van der Waals surface area contributed by atoms with Gasteiger partial charge in [-0.15, -0.1) is 11.6 Å². The van der Waals surface area contributed by atoms with Crippen molar-refractivity contribution >= 4 is 11.6 Å². The van der Waals surface area contributed by atoms with Crippen LogP contribution >= 0.6 is 11.6 Å². The molecule has 1 aromatic carbocycles. The first-order valence-electron chi connectivity index (χ1n) is 6.49. The maximum absolute atomic E-state index is 6.05. The molecule has 17 heavy (non-hydrogen) atoms. The predicted molar refractivity (Wildman–Crippen MR) is 72.8 cm³/mol. The van der Waals surface area contributed by atoms with Crippen LogP contribution in [0, 0.1) is 11.8 Å². The third-order valence-corrected chi connectivity index (χ3v) is 3.77. The molecule has 0 saturated carbocycles. The predicted octanol–water partition coefficient (Wildman–Crippen LogP) is 4.28. The van der Waals surface area contributed by atoms with E-state index in [1.165, 1.54) is 12.0 Å². The molecule has 94 valence electrons. The van der Waals surface area contributed by atoms with Crippen LogP contribution < -0.4 is 4.74 Å². The minimum absolute atomic E-state index is 0.329. The molecule has 0 aromatic heterocycles. The number of benzene rings is 1. The zero-order valence-electron chi connectivity index (χ0n) is 10.7. The molecule has 0 radical (unpaired) electrons. The molecular formula is C15H21ClO. The molecular weight excluding hydrogens is 232 g/mol. The van der Waals surface area contributed by atoms with Crippen LogP contribution in [-0.4, -0.2) is 12.0 Å². The lowest BCUT2D eigenvalue weighted by atomic mass is 9.92. The van der Waals surface area contributed by atoms with Crippen LogP contribution in [0.25, 0.3) is 0 Å². The summed E-state index contributed by atoms with van der Waals surface area (Å²) in [5.74, 6) is 3.10. The highest BCUT2D eigenvalue weighted by molar-refractivity contribution is 6.18. The Morgan fingerprint density at radius 3 is 2.76 bits per heavy atom. The maximum atomic E-state index is 6.05. The molecule has 2 unspecified atom stereocenters. The van der Waals surface area contributed by atoms with Crippen LogP contribution in [0.4, 0.5) is 0 Å². The highest BCUT2D eigenvalue weighted by Gasteiger charge is 2.25. The summed E-state index contributed by atoms with van der Waals surface area (Å²) >= 11 is 6.05. The van der Waals surface area contributed by atoms with Gasteiger partial charge in [-0.05, 0) is 36.3 Å². The van der Waals surface area contributed by atoms with Crippen molar-refractivity contribution in [1.82, 2.24) is 0 Å². The highest BCUT2D eigenvalue weighted by Crippen LogP contribution is 2.32. The van der Waals surface area contributed by atoms with E-state index in [4.69, 9.17) is 16.3 Å². The van der Waals surface area contributed by atoms with E-state index >= 15 is 0 Å². The van der Waals surface area contributed by atoms with Gasteiger partial charge < -0.3 is 4.74 Å². The van der Waals surface area contributed by atoms with Crippen molar-refractivity contribution in [1.29, 1.82) is 0 Å². The van der Waals surface area contributed by atoms with Gasteiger partial charge in [-0.2, -0.15) is 0 Å². The second-order valence-electron chi connectivity index (χ2n) is 5.44. The number of hydrogen-bond donors (Lipinski definition) is 0. The number of halogens is 1. The molecule has 0 amide bonds. The van der Waals surface area contributed by atoms with Gasteiger partial charge >= 0.3 is 0 Å². The first kappa shape index (κ1) is 12.8. The van der Waals surface area contributed by atoms with Crippen LogP contribution in [-0.2, 0) is 6.42 Å². The van der Waals surface area contributed by atoms with Gasteiger partial charge in [0, 0.05) is 12.3 Å². The number of alkyl halides is 1. The van der Waals surface area contributed by atoms with Crippen molar-refractivity contribution in [3.05, 3.63) is 29.8 Å². The lowest BCUT2D eigenvalue weighted by Crippen LogP contribution is -2.20. The molecule has 1 aliphatic rings. The summed E-state index contributed by atoms with van der Waals surface area (Å²) in [6.45, 7) is 4.51. The summed E-state index contributed by atoms with van der Waals surface area (Å²) in [6.07, 6.45) is 3.65. The van der Waals surface area contributed by atoms with E-state index in [0.29, 0.717) is 17.9 Å². The van der Waals surface area contributed by atoms with Crippen LogP contribution in [0.5, 0.6) is 5.75 Å². The number of rotatable bonds is 5. The van der Waals surface area contributed by atoms with Gasteiger partial charge in [0.15, 0.2) is 0 Å². The molecule has 1 nitrogen and oxygen atoms in total. The van der Waals surface area contributed by atoms with E-state index in [9.17, 15) is 0 Å². The van der Waals surface area contributed by atoms with Gasteiger partial charge in [-0.25, -0.2) is 0 Å². The molecule has 0 bridgehead atoms. The Kier molecular flexibility index (Phi) is 4.33. The third-order valence-electron chi connectivity index (χ3n) is 3.33. The van der Waals surface area contributed by atoms with Crippen LogP contribution in [0.2, 0.25) is 0 Å². The van der Waals surface area contributed by atoms with Gasteiger partial charge in [0.25, 0.3) is 0 Å². The SMILES string of the molecule is CC(C)CC(CCl)CC1Cc2ccccc2O1. The molecule has 2 atom stereocenters. The van der Waals surface area contributed by atoms with Crippen molar-refractivity contribution in [3.63, 3.8) is 0 Å². The van der Waals surface area contributed by atoms with Gasteiger partial charge in [-0.3, -0.25) is 0 Å². The summed E-state index contributed by atoms with van der Waals surface area (Å²) in [6, 6.07) is 8.34. The Labute approximate surface area is 109 Å². The number of para-hydroxylation sites is 1. The second kappa shape index (κ2) is 5.77. The zero-order chi connectivity index (χ0) is 12.3. The summed E-state index contributed by atoms with van der Waals surface area (Å²) in [5, 5.41) is 0. The topological polar surface area (TPSA) is 9.23 Å². The third kappa shape index (κ3) is 3.38. The minimum Gasteiger partial charge on any atom is -0.490 e. The van der Waals surface area contributed by atoms with E-state index in [0.717, 1.165) is 24.5 Å². The molecule has 1 aromatic rings. The summed E-state index contributed by atoms with van der Waals surface area (Å²) in [4.78, 5) is 0. The van der Waals surface area contributed by atoms with Crippen LogP contribution in [0.3, 0.4) is 0 Å². The normalized spacial score (nSPS) is 20.1. The second-order valence-corrected chi connectivity index (χ2v) is 5.75. The first-order chi connectivity index (χ1) is 8.19. The summed E-state index contributed by atoms with van der Waals surface area (Å²) in [7, 11) is 0. The van der Waals surface area contributed by atoms with Gasteiger partial charge in [0.1, 0.15) is 11.9 Å². The lowest BCUT2D eigenvalue weighted by Gasteiger charge is -2.20. The average molecular weight is 253 g/mol. The highest BCUT2D eigenvalue weighted by atomic mass is 35.5. The monoisotopic (exact) mass is 252 g/mol. The summed E-state index contributed by atoms with van der Waals surface area (Å²) in [5.41, 5.74) is 1.34. The Hall–Kier alpha value is -0.690. The number of hydrogen-bond acceptors (Lipinski definition) is 1. The van der Waals surface area contributed by atoms with E-state index in [1.807, 2.05) is 6.07 Å². The van der Waals surface area contributed by atoms with Gasteiger partial charge in [0.05, 0.1) is 0 Å². The largest absolute Gasteiger partial charge is 0.490 e. The molecule has 0 N–H and O–H groups in total. The van der Waals surface area contributed by atoms with Gasteiger partial charge in [0.2, 0.25) is 0 Å².